The second-order valence-electron chi connectivity index (χ2n) is 6.23. The lowest BCUT2D eigenvalue weighted by Crippen LogP contribution is -2.33. The van der Waals surface area contributed by atoms with Crippen LogP contribution in [0, 0.1) is 5.41 Å². The summed E-state index contributed by atoms with van der Waals surface area (Å²) in [7, 11) is -3.70. The number of anilines is 1. The van der Waals surface area contributed by atoms with Crippen LogP contribution in [-0.4, -0.2) is 25.8 Å². The molecule has 0 saturated carbocycles. The molecule has 1 saturated heterocycles. The molecule has 118 valence electrons. The maximum Gasteiger partial charge on any atom is 0.246 e. The summed E-state index contributed by atoms with van der Waals surface area (Å²) in [5, 5.41) is 0.400. The Morgan fingerprint density at radius 1 is 1.19 bits per heavy atom. The van der Waals surface area contributed by atoms with Gasteiger partial charge in [0.15, 0.2) is 0 Å². The van der Waals surface area contributed by atoms with Crippen molar-refractivity contribution in [2.75, 3.05) is 18.8 Å². The van der Waals surface area contributed by atoms with Crippen LogP contribution in [0.25, 0.3) is 0 Å². The smallest absolute Gasteiger partial charge is 0.246 e. The van der Waals surface area contributed by atoms with Gasteiger partial charge >= 0.3 is 0 Å². The summed E-state index contributed by atoms with van der Waals surface area (Å²) in [5.74, 6) is 0. The van der Waals surface area contributed by atoms with Gasteiger partial charge in [0.05, 0.1) is 10.7 Å². The molecule has 1 aliphatic heterocycles. The third-order valence-electron chi connectivity index (χ3n) is 3.93. The molecule has 0 unspecified atom stereocenters. The number of rotatable bonds is 2. The summed E-state index contributed by atoms with van der Waals surface area (Å²) in [6, 6.07) is 2.83. The van der Waals surface area contributed by atoms with E-state index in [9.17, 15) is 8.42 Å². The molecule has 1 aromatic rings. The SMILES string of the molecule is CC1(C)CCCN(S(=O)(=O)c2c(N)cc(Cl)cc2Cl)CC1. The summed E-state index contributed by atoms with van der Waals surface area (Å²) in [6.45, 7) is 5.29. The largest absolute Gasteiger partial charge is 0.398 e. The Hall–Kier alpha value is -0.490. The highest BCUT2D eigenvalue weighted by Crippen LogP contribution is 2.36. The molecule has 1 aromatic carbocycles. The lowest BCUT2D eigenvalue weighted by Gasteiger charge is -2.24. The van der Waals surface area contributed by atoms with Gasteiger partial charge < -0.3 is 5.73 Å². The monoisotopic (exact) mass is 350 g/mol. The van der Waals surface area contributed by atoms with Gasteiger partial charge in [0.25, 0.3) is 0 Å². The van der Waals surface area contributed by atoms with E-state index in [-0.39, 0.29) is 21.0 Å². The van der Waals surface area contributed by atoms with E-state index >= 15 is 0 Å². The second-order valence-corrected chi connectivity index (χ2v) is 8.95. The Labute approximate surface area is 136 Å². The van der Waals surface area contributed by atoms with Crippen LogP contribution in [0.5, 0.6) is 0 Å². The van der Waals surface area contributed by atoms with Gasteiger partial charge in [0.1, 0.15) is 4.90 Å². The maximum atomic E-state index is 12.8. The van der Waals surface area contributed by atoms with Crippen LogP contribution in [-0.2, 0) is 10.0 Å². The minimum atomic E-state index is -3.70. The summed E-state index contributed by atoms with van der Waals surface area (Å²) in [4.78, 5) is -0.0340. The van der Waals surface area contributed by atoms with E-state index < -0.39 is 10.0 Å². The van der Waals surface area contributed by atoms with Crippen LogP contribution in [0.3, 0.4) is 0 Å². The molecule has 1 aliphatic rings. The van der Waals surface area contributed by atoms with Gasteiger partial charge in [-0.25, -0.2) is 8.42 Å². The van der Waals surface area contributed by atoms with Crippen LogP contribution >= 0.6 is 23.2 Å². The first kappa shape index (κ1) is 16.9. The van der Waals surface area contributed by atoms with Gasteiger partial charge in [-0.3, -0.25) is 0 Å². The molecule has 21 heavy (non-hydrogen) atoms. The molecule has 0 radical (unpaired) electrons. The summed E-state index contributed by atoms with van der Waals surface area (Å²) >= 11 is 11.9. The molecule has 2 N–H and O–H groups in total. The quantitative estimate of drug-likeness (QED) is 0.825. The Morgan fingerprint density at radius 3 is 2.48 bits per heavy atom. The van der Waals surface area contributed by atoms with Gasteiger partial charge in [0, 0.05) is 18.1 Å². The first-order valence-corrected chi connectivity index (χ1v) is 9.08. The van der Waals surface area contributed by atoms with Crippen LogP contribution < -0.4 is 5.73 Å². The Kier molecular flexibility index (Phi) is 4.78. The number of hydrogen-bond donors (Lipinski definition) is 1. The van der Waals surface area contributed by atoms with Crippen LogP contribution in [0.15, 0.2) is 17.0 Å². The molecule has 2 rings (SSSR count). The molecular weight excluding hydrogens is 331 g/mol. The van der Waals surface area contributed by atoms with Gasteiger partial charge in [0.2, 0.25) is 10.0 Å². The van der Waals surface area contributed by atoms with Crippen molar-refractivity contribution in [3.05, 3.63) is 22.2 Å². The second kappa shape index (κ2) is 5.95. The van der Waals surface area contributed by atoms with Crippen molar-refractivity contribution in [3.63, 3.8) is 0 Å². The van der Waals surface area contributed by atoms with E-state index in [1.54, 1.807) is 0 Å². The molecule has 0 bridgehead atoms. The predicted octanol–water partition coefficient (Wildman–Crippen LogP) is 3.78. The van der Waals surface area contributed by atoms with Crippen LogP contribution in [0.2, 0.25) is 10.0 Å². The summed E-state index contributed by atoms with van der Waals surface area (Å²) in [6.07, 6.45) is 2.65. The maximum absolute atomic E-state index is 12.8. The molecule has 1 heterocycles. The lowest BCUT2D eigenvalue weighted by atomic mass is 9.85. The first-order chi connectivity index (χ1) is 9.63. The van der Waals surface area contributed by atoms with Crippen molar-refractivity contribution >= 4 is 38.9 Å². The van der Waals surface area contributed by atoms with Gasteiger partial charge in [-0.05, 0) is 36.8 Å². The minimum absolute atomic E-state index is 0.0340. The lowest BCUT2D eigenvalue weighted by molar-refractivity contribution is 0.315. The molecule has 0 aliphatic carbocycles. The van der Waals surface area contributed by atoms with Crippen molar-refractivity contribution in [1.82, 2.24) is 4.31 Å². The predicted molar refractivity (Wildman–Crippen MR) is 87.3 cm³/mol. The minimum Gasteiger partial charge on any atom is -0.398 e. The standard InChI is InChI=1S/C14H20Cl2N2O2S/c1-14(2)4-3-6-18(7-5-14)21(19,20)13-11(16)8-10(15)9-12(13)17/h8-9H,3-7,17H2,1-2H3. The zero-order valence-corrected chi connectivity index (χ0v) is 14.5. The Bertz CT molecular complexity index is 621. The van der Waals surface area contributed by atoms with Gasteiger partial charge in [-0.1, -0.05) is 37.0 Å². The number of benzene rings is 1. The highest BCUT2D eigenvalue weighted by Gasteiger charge is 2.33. The summed E-state index contributed by atoms with van der Waals surface area (Å²) in [5.41, 5.74) is 6.08. The molecule has 0 aromatic heterocycles. The van der Waals surface area contributed by atoms with E-state index in [1.165, 1.54) is 16.4 Å². The van der Waals surface area contributed by atoms with E-state index in [4.69, 9.17) is 28.9 Å². The number of halogens is 2. The van der Waals surface area contributed by atoms with Gasteiger partial charge in [-0.15, -0.1) is 0 Å². The molecule has 0 amide bonds. The van der Waals surface area contributed by atoms with Crippen molar-refractivity contribution < 1.29 is 8.42 Å². The summed E-state index contributed by atoms with van der Waals surface area (Å²) < 4.78 is 27.1. The molecule has 0 spiro atoms. The highest BCUT2D eigenvalue weighted by molar-refractivity contribution is 7.89. The van der Waals surface area contributed by atoms with E-state index in [0.29, 0.717) is 18.1 Å². The average molecular weight is 351 g/mol. The fraction of sp³-hybridized carbons (Fsp3) is 0.571. The average Bonchev–Trinajstić information content (AvgIpc) is 2.48. The number of nitrogens with two attached hydrogens (primary N) is 1. The zero-order chi connectivity index (χ0) is 15.8. The third-order valence-corrected chi connectivity index (χ3v) is 6.58. The number of nitrogens with zero attached hydrogens (tertiary/aromatic N) is 1. The number of hydrogen-bond acceptors (Lipinski definition) is 3. The van der Waals surface area contributed by atoms with E-state index in [2.05, 4.69) is 13.8 Å². The molecule has 1 fully saturated rings. The van der Waals surface area contributed by atoms with Gasteiger partial charge in [-0.2, -0.15) is 4.31 Å². The van der Waals surface area contributed by atoms with Crippen LogP contribution in [0.4, 0.5) is 5.69 Å². The number of sulfonamides is 1. The van der Waals surface area contributed by atoms with E-state index in [1.807, 2.05) is 0 Å². The normalized spacial score (nSPS) is 20.2. The fourth-order valence-electron chi connectivity index (χ4n) is 2.62. The molecular formula is C14H20Cl2N2O2S. The van der Waals surface area contributed by atoms with Crippen LogP contribution in [0.1, 0.15) is 33.1 Å². The van der Waals surface area contributed by atoms with Crippen molar-refractivity contribution in [2.24, 2.45) is 5.41 Å². The van der Waals surface area contributed by atoms with Crippen molar-refractivity contribution in [3.8, 4) is 0 Å². The highest BCUT2D eigenvalue weighted by atomic mass is 35.5. The molecule has 7 heteroatoms. The topological polar surface area (TPSA) is 63.4 Å². The number of nitrogen functional groups attached to an aromatic ring is 1. The molecule has 0 atom stereocenters. The third kappa shape index (κ3) is 3.65. The Morgan fingerprint density at radius 2 is 1.86 bits per heavy atom. The first-order valence-electron chi connectivity index (χ1n) is 6.88. The van der Waals surface area contributed by atoms with Crippen molar-refractivity contribution in [1.29, 1.82) is 0 Å². The fourth-order valence-corrected chi connectivity index (χ4v) is 5.04. The zero-order valence-electron chi connectivity index (χ0n) is 12.2. The molecule has 4 nitrogen and oxygen atoms in total. The van der Waals surface area contributed by atoms with E-state index in [0.717, 1.165) is 19.3 Å². The Balaban J connectivity index is 2.39. The van der Waals surface area contributed by atoms with Crippen molar-refractivity contribution in [2.45, 2.75) is 38.0 Å².